The summed E-state index contributed by atoms with van der Waals surface area (Å²) >= 11 is 6.37. The van der Waals surface area contributed by atoms with Crippen LogP contribution in [0.3, 0.4) is 0 Å². The van der Waals surface area contributed by atoms with Gasteiger partial charge in [0.1, 0.15) is 11.3 Å². The molecule has 24 heavy (non-hydrogen) atoms. The van der Waals surface area contributed by atoms with Gasteiger partial charge in [0.15, 0.2) is 11.9 Å². The Labute approximate surface area is 143 Å². The number of hydrogen-bond donors (Lipinski definition) is 0. The minimum atomic E-state index is -0.695. The third-order valence-electron chi connectivity index (χ3n) is 4.01. The van der Waals surface area contributed by atoms with Crippen LogP contribution in [-0.2, 0) is 16.0 Å². The van der Waals surface area contributed by atoms with Gasteiger partial charge in [-0.05, 0) is 13.0 Å². The molecule has 5 nitrogen and oxygen atoms in total. The summed E-state index contributed by atoms with van der Waals surface area (Å²) in [5, 5.41) is 5.42. The van der Waals surface area contributed by atoms with E-state index in [9.17, 15) is 4.79 Å². The van der Waals surface area contributed by atoms with Gasteiger partial charge in [-0.25, -0.2) is 4.79 Å². The third kappa shape index (κ3) is 2.32. The lowest BCUT2D eigenvalue weighted by molar-refractivity contribution is -0.150. The second-order valence-electron chi connectivity index (χ2n) is 5.50. The van der Waals surface area contributed by atoms with Crippen molar-refractivity contribution in [1.82, 2.24) is 5.16 Å². The average molecular weight is 344 g/mol. The van der Waals surface area contributed by atoms with Crippen molar-refractivity contribution < 1.29 is 18.8 Å². The van der Waals surface area contributed by atoms with Crippen LogP contribution in [0.2, 0.25) is 5.02 Å². The van der Waals surface area contributed by atoms with Gasteiger partial charge in [-0.3, -0.25) is 0 Å². The van der Waals surface area contributed by atoms with E-state index in [-0.39, 0.29) is 0 Å². The van der Waals surface area contributed by atoms with Gasteiger partial charge < -0.3 is 14.0 Å². The van der Waals surface area contributed by atoms with Crippen molar-refractivity contribution in [2.24, 2.45) is 0 Å². The fourth-order valence-electron chi connectivity index (χ4n) is 2.94. The van der Waals surface area contributed by atoms with Crippen LogP contribution in [0.5, 0.6) is 5.75 Å². The normalized spacial score (nSPS) is 16.0. The molecule has 0 amide bonds. The van der Waals surface area contributed by atoms with Gasteiger partial charge in [-0.2, -0.15) is 0 Å². The van der Waals surface area contributed by atoms with E-state index in [1.165, 1.54) is 0 Å². The number of carbonyl (C=O) groups excluding carboxylic acids is 1. The quantitative estimate of drug-likeness (QED) is 0.672. The van der Waals surface area contributed by atoms with Crippen molar-refractivity contribution >= 4 is 28.5 Å². The van der Waals surface area contributed by atoms with E-state index in [4.69, 9.17) is 25.6 Å². The predicted molar refractivity (Wildman–Crippen MR) is 89.2 cm³/mol. The fraction of sp³-hybridized carbons (Fsp3) is 0.222. The molecule has 0 radical (unpaired) electrons. The van der Waals surface area contributed by atoms with Gasteiger partial charge in [0, 0.05) is 17.5 Å². The van der Waals surface area contributed by atoms with Gasteiger partial charge in [0.25, 0.3) is 0 Å². The van der Waals surface area contributed by atoms with Crippen molar-refractivity contribution in [3.63, 3.8) is 0 Å². The summed E-state index contributed by atoms with van der Waals surface area (Å²) < 4.78 is 16.3. The lowest BCUT2D eigenvalue weighted by Crippen LogP contribution is -2.27. The van der Waals surface area contributed by atoms with Crippen LogP contribution in [0.25, 0.3) is 22.2 Å². The Kier molecular flexibility index (Phi) is 3.65. The van der Waals surface area contributed by atoms with E-state index >= 15 is 0 Å². The molecule has 1 aliphatic heterocycles. The van der Waals surface area contributed by atoms with E-state index in [0.717, 1.165) is 16.5 Å². The second kappa shape index (κ2) is 5.83. The molecule has 1 aliphatic rings. The first-order valence-corrected chi connectivity index (χ1v) is 8.06. The van der Waals surface area contributed by atoms with Gasteiger partial charge in [-0.1, -0.05) is 47.1 Å². The SMILES string of the molecule is CCOC(=O)C1Cc2c(c(Cl)cc3c(-c4ccccc4)onc23)O1. The lowest BCUT2D eigenvalue weighted by Gasteiger charge is -2.09. The Morgan fingerprint density at radius 2 is 2.17 bits per heavy atom. The molecular weight excluding hydrogens is 330 g/mol. The molecule has 0 N–H and O–H groups in total. The zero-order valence-electron chi connectivity index (χ0n) is 12.9. The lowest BCUT2D eigenvalue weighted by atomic mass is 10.0. The zero-order valence-corrected chi connectivity index (χ0v) is 13.7. The van der Waals surface area contributed by atoms with Crippen molar-refractivity contribution in [2.45, 2.75) is 19.4 Å². The first kappa shape index (κ1) is 15.0. The molecular formula is C18H14ClNO4. The van der Waals surface area contributed by atoms with Crippen LogP contribution in [0.4, 0.5) is 0 Å². The molecule has 3 aromatic rings. The summed E-state index contributed by atoms with van der Waals surface area (Å²) in [6.45, 7) is 2.06. The van der Waals surface area contributed by atoms with Crippen LogP contribution in [-0.4, -0.2) is 23.8 Å². The zero-order chi connectivity index (χ0) is 16.7. The summed E-state index contributed by atoms with van der Waals surface area (Å²) in [6, 6.07) is 11.4. The largest absolute Gasteiger partial charge is 0.476 e. The van der Waals surface area contributed by atoms with Crippen LogP contribution in [0, 0.1) is 0 Å². The number of fused-ring (bicyclic) bond motifs is 3. The molecule has 1 unspecified atom stereocenters. The molecule has 1 atom stereocenters. The molecule has 0 saturated carbocycles. The number of nitrogens with zero attached hydrogens (tertiary/aromatic N) is 1. The van der Waals surface area contributed by atoms with Crippen LogP contribution >= 0.6 is 11.6 Å². The number of ether oxygens (including phenoxy) is 2. The summed E-state index contributed by atoms with van der Waals surface area (Å²) in [7, 11) is 0. The molecule has 6 heteroatoms. The Balaban J connectivity index is 1.80. The molecule has 0 spiro atoms. The number of halogens is 1. The maximum absolute atomic E-state index is 12.0. The third-order valence-corrected chi connectivity index (χ3v) is 4.29. The maximum Gasteiger partial charge on any atom is 0.347 e. The molecule has 1 aromatic heterocycles. The van der Waals surface area contributed by atoms with Crippen molar-refractivity contribution in [1.29, 1.82) is 0 Å². The van der Waals surface area contributed by atoms with Crippen molar-refractivity contribution in [2.75, 3.05) is 6.61 Å². The molecule has 4 rings (SSSR count). The molecule has 122 valence electrons. The smallest absolute Gasteiger partial charge is 0.347 e. The highest BCUT2D eigenvalue weighted by Crippen LogP contribution is 2.43. The van der Waals surface area contributed by atoms with Gasteiger partial charge in [-0.15, -0.1) is 0 Å². The van der Waals surface area contributed by atoms with E-state index < -0.39 is 12.1 Å². The highest BCUT2D eigenvalue weighted by molar-refractivity contribution is 6.33. The van der Waals surface area contributed by atoms with Gasteiger partial charge in [0.05, 0.1) is 17.0 Å². The van der Waals surface area contributed by atoms with Crippen molar-refractivity contribution in [3.05, 3.63) is 47.0 Å². The fourth-order valence-corrected chi connectivity index (χ4v) is 3.21. The molecule has 2 aromatic carbocycles. The van der Waals surface area contributed by atoms with Crippen molar-refractivity contribution in [3.8, 4) is 17.1 Å². The van der Waals surface area contributed by atoms with Gasteiger partial charge >= 0.3 is 5.97 Å². The Morgan fingerprint density at radius 3 is 2.92 bits per heavy atom. The van der Waals surface area contributed by atoms with E-state index in [0.29, 0.717) is 35.1 Å². The highest BCUT2D eigenvalue weighted by Gasteiger charge is 2.35. The predicted octanol–water partition coefficient (Wildman–Crippen LogP) is 4.01. The van der Waals surface area contributed by atoms with E-state index in [1.807, 2.05) is 30.3 Å². The van der Waals surface area contributed by atoms with Gasteiger partial charge in [0.2, 0.25) is 0 Å². The molecule has 2 heterocycles. The van der Waals surface area contributed by atoms with Crippen LogP contribution < -0.4 is 4.74 Å². The number of esters is 1. The second-order valence-corrected chi connectivity index (χ2v) is 5.91. The number of rotatable bonds is 3. The number of carbonyl (C=O) groups is 1. The first-order valence-electron chi connectivity index (χ1n) is 7.68. The number of benzene rings is 2. The van der Waals surface area contributed by atoms with E-state index in [1.54, 1.807) is 13.0 Å². The van der Waals surface area contributed by atoms with E-state index in [2.05, 4.69) is 5.16 Å². The summed E-state index contributed by atoms with van der Waals surface area (Å²) in [5.74, 6) is 0.731. The van der Waals surface area contributed by atoms with Crippen LogP contribution in [0.15, 0.2) is 40.9 Å². The molecule has 0 saturated heterocycles. The Morgan fingerprint density at radius 1 is 1.38 bits per heavy atom. The minimum Gasteiger partial charge on any atom is -0.476 e. The highest BCUT2D eigenvalue weighted by atomic mass is 35.5. The first-order chi connectivity index (χ1) is 11.7. The maximum atomic E-state index is 12.0. The monoisotopic (exact) mass is 343 g/mol. The number of hydrogen-bond acceptors (Lipinski definition) is 5. The standard InChI is InChI=1S/C18H14ClNO4/c1-2-22-18(21)14-9-12-15-11(8-13(19)17(12)23-14)16(24-20-15)10-6-4-3-5-7-10/h3-8,14H,2,9H2,1H3. The molecule has 0 bridgehead atoms. The summed E-state index contributed by atoms with van der Waals surface area (Å²) in [6.07, 6.45) is -0.327. The summed E-state index contributed by atoms with van der Waals surface area (Å²) in [5.41, 5.74) is 2.36. The van der Waals surface area contributed by atoms with Crippen LogP contribution in [0.1, 0.15) is 12.5 Å². The molecule has 0 aliphatic carbocycles. The molecule has 0 fully saturated rings. The Hall–Kier alpha value is -2.53. The minimum absolute atomic E-state index is 0.306. The average Bonchev–Trinajstić information content (AvgIpc) is 3.20. The summed E-state index contributed by atoms with van der Waals surface area (Å²) in [4.78, 5) is 12.0. The number of aromatic nitrogens is 1. The Bertz CT molecular complexity index is 920. The topological polar surface area (TPSA) is 61.6 Å².